The highest BCUT2D eigenvalue weighted by Gasteiger charge is 2.28. The molecule has 68 heavy (non-hydrogen) atoms. The molecule has 5 nitrogen and oxygen atoms in total. The predicted octanol–water partition coefficient (Wildman–Crippen LogP) is 15.5. The Labute approximate surface area is 394 Å². The van der Waals surface area contributed by atoms with Crippen molar-refractivity contribution in [3.63, 3.8) is 0 Å². The maximum absolute atomic E-state index is 5.64. The minimum absolute atomic E-state index is 0.427. The van der Waals surface area contributed by atoms with Crippen LogP contribution in [-0.2, 0) is 0 Å². The normalized spacial score (nSPS) is 13.7. The Morgan fingerprint density at radius 1 is 0.338 bits per heavy atom. The Kier molecular flexibility index (Phi) is 9.50. The molecule has 0 amide bonds. The van der Waals surface area contributed by atoms with Crippen LogP contribution in [0.15, 0.2) is 259 Å². The monoisotopic (exact) mass is 869 g/mol. The standard InChI is InChI=1S/C63H43N5/c1-6-21-42(22-7-1)47-39-48(43-23-8-2-9-24-43)41-49(40-47)62-64-61(46-29-14-5-15-30-46)65-63(66-62)68-57-36-19-17-32-53(57)55-38-37-54-52-31-16-18-35-56(52)67(59(54)60(55)68)58-50(44-25-10-3-11-26-44)33-20-34-51(58)45-27-12-4-13-28-45/h1-41,61H,(H,64,65,66). The van der Waals surface area contributed by atoms with Gasteiger partial charge in [-0.15, -0.1) is 0 Å². The van der Waals surface area contributed by atoms with Crippen molar-refractivity contribution in [1.29, 1.82) is 0 Å². The number of nitrogens with one attached hydrogen (secondary N) is 1. The van der Waals surface area contributed by atoms with E-state index in [1.54, 1.807) is 0 Å². The van der Waals surface area contributed by atoms with Crippen molar-refractivity contribution in [3.8, 4) is 50.2 Å². The first-order valence-electron chi connectivity index (χ1n) is 23.2. The van der Waals surface area contributed by atoms with Crippen molar-refractivity contribution in [1.82, 2.24) is 14.5 Å². The van der Waals surface area contributed by atoms with Gasteiger partial charge in [0.2, 0.25) is 5.96 Å². The van der Waals surface area contributed by atoms with Crippen LogP contribution in [0.5, 0.6) is 0 Å². The molecule has 0 saturated heterocycles. The Morgan fingerprint density at radius 2 is 0.765 bits per heavy atom. The van der Waals surface area contributed by atoms with E-state index in [4.69, 9.17) is 9.98 Å². The highest BCUT2D eigenvalue weighted by molar-refractivity contribution is 6.27. The van der Waals surface area contributed by atoms with Gasteiger partial charge < -0.3 is 9.88 Å². The molecule has 0 bridgehead atoms. The van der Waals surface area contributed by atoms with Gasteiger partial charge in [-0.05, 0) is 69.3 Å². The summed E-state index contributed by atoms with van der Waals surface area (Å²) in [7, 11) is 0. The molecule has 0 fully saturated rings. The zero-order valence-electron chi connectivity index (χ0n) is 37.0. The zero-order valence-corrected chi connectivity index (χ0v) is 37.0. The van der Waals surface area contributed by atoms with Gasteiger partial charge in [0.05, 0.1) is 27.8 Å². The van der Waals surface area contributed by atoms with E-state index in [-0.39, 0.29) is 0 Å². The Morgan fingerprint density at radius 3 is 1.29 bits per heavy atom. The number of para-hydroxylation sites is 3. The third kappa shape index (κ3) is 6.63. The van der Waals surface area contributed by atoms with Crippen molar-refractivity contribution >= 4 is 55.4 Å². The lowest BCUT2D eigenvalue weighted by molar-refractivity contribution is 0.661. The third-order valence-corrected chi connectivity index (χ3v) is 13.4. The average Bonchev–Trinajstić information content (AvgIpc) is 3.95. The number of amidine groups is 1. The first-order chi connectivity index (χ1) is 33.7. The van der Waals surface area contributed by atoms with Crippen molar-refractivity contribution in [2.24, 2.45) is 9.98 Å². The van der Waals surface area contributed by atoms with E-state index in [9.17, 15) is 0 Å². The number of rotatable bonds is 7. The number of benzene rings is 10. The van der Waals surface area contributed by atoms with Crippen molar-refractivity contribution < 1.29 is 0 Å². The topological polar surface area (TPSA) is 46.6 Å². The fourth-order valence-corrected chi connectivity index (χ4v) is 10.3. The molecule has 5 heteroatoms. The van der Waals surface area contributed by atoms with E-state index in [0.29, 0.717) is 11.8 Å². The summed E-state index contributed by atoms with van der Waals surface area (Å²) in [6.07, 6.45) is -0.427. The summed E-state index contributed by atoms with van der Waals surface area (Å²) in [5.74, 6) is 1.35. The first kappa shape index (κ1) is 39.3. The van der Waals surface area contributed by atoms with Crippen LogP contribution < -0.4 is 5.32 Å². The molecule has 1 atom stereocenters. The molecule has 1 N–H and O–H groups in total. The number of hydrogen-bond acceptors (Lipinski definition) is 3. The fraction of sp³-hybridized carbons (Fsp3) is 0.0159. The largest absolute Gasteiger partial charge is 0.330 e. The quantitative estimate of drug-likeness (QED) is 0.170. The van der Waals surface area contributed by atoms with Crippen molar-refractivity contribution in [3.05, 3.63) is 260 Å². The highest BCUT2D eigenvalue weighted by Crippen LogP contribution is 2.45. The molecule has 320 valence electrons. The molecule has 3 heterocycles. The van der Waals surface area contributed by atoms with Crippen LogP contribution >= 0.6 is 0 Å². The Hall–Kier alpha value is -9.06. The Balaban J connectivity index is 1.14. The van der Waals surface area contributed by atoms with Gasteiger partial charge in [0.25, 0.3) is 0 Å². The molecule has 1 aliphatic rings. The van der Waals surface area contributed by atoms with Crippen LogP contribution in [0.3, 0.4) is 0 Å². The van der Waals surface area contributed by atoms with Crippen LogP contribution in [0.25, 0.3) is 93.8 Å². The molecule has 1 unspecified atom stereocenters. The van der Waals surface area contributed by atoms with Gasteiger partial charge in [-0.1, -0.05) is 218 Å². The van der Waals surface area contributed by atoms with E-state index < -0.39 is 6.17 Å². The van der Waals surface area contributed by atoms with Crippen molar-refractivity contribution in [2.45, 2.75) is 6.17 Å². The van der Waals surface area contributed by atoms with Gasteiger partial charge in [0, 0.05) is 38.2 Å². The van der Waals surface area contributed by atoms with E-state index in [0.717, 1.165) is 99.5 Å². The molecule has 12 aromatic rings. The van der Waals surface area contributed by atoms with Gasteiger partial charge in [0.1, 0.15) is 6.17 Å². The lowest BCUT2D eigenvalue weighted by Crippen LogP contribution is -2.37. The summed E-state index contributed by atoms with van der Waals surface area (Å²) in [5, 5.41) is 8.51. The number of fused-ring (bicyclic) bond motifs is 7. The lowest BCUT2D eigenvalue weighted by Gasteiger charge is -2.25. The molecule has 1 aliphatic heterocycles. The molecule has 0 aliphatic carbocycles. The molecular weight excluding hydrogens is 827 g/mol. The summed E-state index contributed by atoms with van der Waals surface area (Å²) in [6, 6.07) is 88.9. The second-order valence-electron chi connectivity index (χ2n) is 17.4. The number of aliphatic imine (C=N–C) groups is 2. The minimum atomic E-state index is -0.427. The van der Waals surface area contributed by atoms with Crippen LogP contribution in [0.2, 0.25) is 0 Å². The first-order valence-corrected chi connectivity index (χ1v) is 23.2. The Bertz CT molecular complexity index is 3790. The van der Waals surface area contributed by atoms with Crippen LogP contribution in [0, 0.1) is 0 Å². The SMILES string of the molecule is c1ccc(-c2cc(C3=NC(c4ccccc4)NC(n4c5ccccc5c5ccc6c7ccccc7n(-c7c(-c8ccccc8)cccc7-c7ccccc7)c6c54)=N3)cc(-c3ccccc3)c2)cc1. The summed E-state index contributed by atoms with van der Waals surface area (Å²) < 4.78 is 4.88. The summed E-state index contributed by atoms with van der Waals surface area (Å²) in [5.41, 5.74) is 16.5. The molecule has 0 saturated carbocycles. The summed E-state index contributed by atoms with van der Waals surface area (Å²) in [6.45, 7) is 0. The molecule has 2 aromatic heterocycles. The van der Waals surface area contributed by atoms with Gasteiger partial charge in [0.15, 0.2) is 5.84 Å². The second kappa shape index (κ2) is 16.4. The lowest BCUT2D eigenvalue weighted by atomic mass is 9.95. The van der Waals surface area contributed by atoms with Crippen LogP contribution in [0.1, 0.15) is 17.3 Å². The molecular formula is C63H43N5. The van der Waals surface area contributed by atoms with Crippen molar-refractivity contribution in [2.75, 3.05) is 0 Å². The highest BCUT2D eigenvalue weighted by atomic mass is 15.3. The predicted molar refractivity (Wildman–Crippen MR) is 284 cm³/mol. The van der Waals surface area contributed by atoms with Crippen LogP contribution in [0.4, 0.5) is 0 Å². The van der Waals surface area contributed by atoms with Gasteiger partial charge in [-0.2, -0.15) is 4.99 Å². The zero-order chi connectivity index (χ0) is 45.0. The molecule has 10 aromatic carbocycles. The van der Waals surface area contributed by atoms with Gasteiger partial charge in [-0.3, -0.25) is 4.57 Å². The smallest absolute Gasteiger partial charge is 0.212 e. The maximum atomic E-state index is 5.64. The third-order valence-electron chi connectivity index (χ3n) is 13.4. The van der Waals surface area contributed by atoms with E-state index in [1.807, 2.05) is 0 Å². The fourth-order valence-electron chi connectivity index (χ4n) is 10.3. The number of aromatic nitrogens is 2. The molecule has 0 spiro atoms. The van der Waals surface area contributed by atoms with Gasteiger partial charge in [-0.25, -0.2) is 4.99 Å². The second-order valence-corrected chi connectivity index (χ2v) is 17.4. The maximum Gasteiger partial charge on any atom is 0.212 e. The number of nitrogens with zero attached hydrogens (tertiary/aromatic N) is 4. The van der Waals surface area contributed by atoms with Crippen LogP contribution in [-0.4, -0.2) is 20.9 Å². The molecule has 13 rings (SSSR count). The minimum Gasteiger partial charge on any atom is -0.330 e. The summed E-state index contributed by atoms with van der Waals surface area (Å²) >= 11 is 0. The summed E-state index contributed by atoms with van der Waals surface area (Å²) in [4.78, 5) is 11.1. The average molecular weight is 870 g/mol. The number of hydrogen-bond donors (Lipinski definition) is 1. The van der Waals surface area contributed by atoms with E-state index >= 15 is 0 Å². The molecule has 0 radical (unpaired) electrons. The van der Waals surface area contributed by atoms with Gasteiger partial charge >= 0.3 is 0 Å². The van der Waals surface area contributed by atoms with E-state index in [1.165, 1.54) is 5.39 Å². The van der Waals surface area contributed by atoms with E-state index in [2.05, 4.69) is 263 Å².